The summed E-state index contributed by atoms with van der Waals surface area (Å²) in [4.78, 5) is 50.5. The number of benzene rings is 3. The Bertz CT molecular complexity index is 1570. The minimum atomic E-state index is -0.537. The van der Waals surface area contributed by atoms with Crippen LogP contribution in [0, 0.1) is 4.91 Å². The van der Waals surface area contributed by atoms with Crippen LogP contribution in [0.3, 0.4) is 0 Å². The van der Waals surface area contributed by atoms with Gasteiger partial charge < -0.3 is 15.2 Å². The number of rotatable bonds is 8. The van der Waals surface area contributed by atoms with Gasteiger partial charge in [0.05, 0.1) is 17.6 Å². The molecule has 0 radical (unpaired) electrons. The third-order valence-electron chi connectivity index (χ3n) is 6.04. The number of hydrogen-bond acceptors (Lipinski definition) is 4. The molecular weight excluding hydrogens is 468 g/mol. The van der Waals surface area contributed by atoms with Gasteiger partial charge in [0.1, 0.15) is 5.56 Å². The van der Waals surface area contributed by atoms with Crippen molar-refractivity contribution in [3.05, 3.63) is 111 Å². The number of fused-ring (bicyclic) bond motifs is 1. The van der Waals surface area contributed by atoms with E-state index in [0.717, 1.165) is 15.9 Å². The summed E-state index contributed by atoms with van der Waals surface area (Å²) < 4.78 is 2.26. The third kappa shape index (κ3) is 5.54. The standard InChI is InChI=1S/C29H26N4O4/c1-4-19-9-13-21(14-10-19)30-28(35)24-18-23-25(7-6-8-26(23)33(5-2)29(24)36)31-27(34)17-20-11-15-22(16-12-20)32(3)37/h4,6-16,18H,1,5,17H2,2-3H3,(H-,30,31,34,35,36)/p+1. The van der Waals surface area contributed by atoms with E-state index < -0.39 is 11.5 Å². The predicted octanol–water partition coefficient (Wildman–Crippen LogP) is 5.14. The van der Waals surface area contributed by atoms with Gasteiger partial charge in [-0.1, -0.05) is 43.0 Å². The molecule has 8 heteroatoms. The maximum atomic E-state index is 13.2. The Kier molecular flexibility index (Phi) is 7.39. The molecule has 4 aromatic rings. The maximum Gasteiger partial charge on any atom is 0.263 e. The quantitative estimate of drug-likeness (QED) is 0.331. The number of anilines is 2. The Morgan fingerprint density at radius 3 is 2.32 bits per heavy atom. The highest BCUT2D eigenvalue weighted by Gasteiger charge is 2.18. The predicted molar refractivity (Wildman–Crippen MR) is 146 cm³/mol. The van der Waals surface area contributed by atoms with Gasteiger partial charge >= 0.3 is 0 Å². The molecule has 0 saturated heterocycles. The summed E-state index contributed by atoms with van der Waals surface area (Å²) in [5.74, 6) is -0.802. The third-order valence-corrected chi connectivity index (χ3v) is 6.04. The first-order valence-corrected chi connectivity index (χ1v) is 11.8. The van der Waals surface area contributed by atoms with Crippen LogP contribution >= 0.6 is 0 Å². The zero-order valence-corrected chi connectivity index (χ0v) is 20.7. The molecule has 2 amide bonds. The Hall–Kier alpha value is -4.85. The maximum absolute atomic E-state index is 13.2. The van der Waals surface area contributed by atoms with Gasteiger partial charge in [0.15, 0.2) is 7.05 Å². The summed E-state index contributed by atoms with van der Waals surface area (Å²) >= 11 is 0. The molecule has 0 unspecified atom stereocenters. The lowest BCUT2D eigenvalue weighted by Crippen LogP contribution is -2.29. The van der Waals surface area contributed by atoms with Crippen LogP contribution in [0.5, 0.6) is 0 Å². The lowest BCUT2D eigenvalue weighted by Gasteiger charge is -2.15. The molecule has 0 aliphatic heterocycles. The molecule has 0 aliphatic rings. The average molecular weight is 496 g/mol. The minimum absolute atomic E-state index is 0.0267. The van der Waals surface area contributed by atoms with E-state index in [9.17, 15) is 19.3 Å². The summed E-state index contributed by atoms with van der Waals surface area (Å²) in [6.45, 7) is 5.89. The Balaban J connectivity index is 1.64. The van der Waals surface area contributed by atoms with Crippen molar-refractivity contribution in [3.63, 3.8) is 0 Å². The van der Waals surface area contributed by atoms with E-state index in [1.54, 1.807) is 60.7 Å². The first-order valence-electron chi connectivity index (χ1n) is 11.8. The van der Waals surface area contributed by atoms with Gasteiger partial charge in [-0.2, -0.15) is 0 Å². The first-order chi connectivity index (χ1) is 17.8. The minimum Gasteiger partial charge on any atom is -0.325 e. The van der Waals surface area contributed by atoms with Crippen LogP contribution in [0.4, 0.5) is 17.1 Å². The van der Waals surface area contributed by atoms with Crippen molar-refractivity contribution >= 4 is 45.9 Å². The van der Waals surface area contributed by atoms with Crippen LogP contribution in [0.1, 0.15) is 28.4 Å². The van der Waals surface area contributed by atoms with E-state index in [0.29, 0.717) is 34.5 Å². The van der Waals surface area contributed by atoms with Crippen LogP contribution in [-0.2, 0) is 17.8 Å². The molecule has 1 heterocycles. The Labute approximate surface area is 213 Å². The molecule has 37 heavy (non-hydrogen) atoms. The molecule has 2 N–H and O–H groups in total. The largest absolute Gasteiger partial charge is 0.325 e. The lowest BCUT2D eigenvalue weighted by molar-refractivity contribution is -0.428. The van der Waals surface area contributed by atoms with Crippen molar-refractivity contribution in [2.45, 2.75) is 19.9 Å². The molecule has 0 saturated carbocycles. The highest BCUT2D eigenvalue weighted by Crippen LogP contribution is 2.24. The summed E-state index contributed by atoms with van der Waals surface area (Å²) in [6.07, 6.45) is 1.80. The van der Waals surface area contributed by atoms with Crippen molar-refractivity contribution in [2.75, 3.05) is 17.7 Å². The highest BCUT2D eigenvalue weighted by molar-refractivity contribution is 6.08. The fraction of sp³-hybridized carbons (Fsp3) is 0.138. The van der Waals surface area contributed by atoms with Crippen molar-refractivity contribution in [1.82, 2.24) is 4.57 Å². The molecule has 0 spiro atoms. The van der Waals surface area contributed by atoms with Crippen molar-refractivity contribution in [2.24, 2.45) is 0 Å². The normalized spacial score (nSPS) is 10.6. The van der Waals surface area contributed by atoms with Gasteiger partial charge in [0.25, 0.3) is 17.2 Å². The van der Waals surface area contributed by atoms with Crippen LogP contribution in [0.25, 0.3) is 17.0 Å². The van der Waals surface area contributed by atoms with Crippen molar-refractivity contribution in [3.8, 4) is 0 Å². The van der Waals surface area contributed by atoms with Crippen LogP contribution < -0.4 is 16.2 Å². The molecule has 8 nitrogen and oxygen atoms in total. The van der Waals surface area contributed by atoms with Gasteiger partial charge in [-0.15, -0.1) is 0 Å². The zero-order valence-electron chi connectivity index (χ0n) is 20.7. The average Bonchev–Trinajstić information content (AvgIpc) is 2.89. The Morgan fingerprint density at radius 1 is 1.00 bits per heavy atom. The number of aryl methyl sites for hydroxylation is 1. The molecule has 3 aromatic carbocycles. The van der Waals surface area contributed by atoms with Crippen molar-refractivity contribution < 1.29 is 14.3 Å². The molecular formula is C29H27N4O4+. The molecule has 0 atom stereocenters. The fourth-order valence-electron chi connectivity index (χ4n) is 4.09. The van der Waals surface area contributed by atoms with Gasteiger partial charge in [-0.25, -0.2) is 0 Å². The van der Waals surface area contributed by atoms with E-state index in [1.807, 2.05) is 19.1 Å². The number of amides is 2. The second-order valence-electron chi connectivity index (χ2n) is 8.51. The molecule has 0 aliphatic carbocycles. The van der Waals surface area contributed by atoms with Crippen LogP contribution in [0.15, 0.2) is 84.2 Å². The van der Waals surface area contributed by atoms with E-state index in [2.05, 4.69) is 17.2 Å². The smallest absolute Gasteiger partial charge is 0.263 e. The number of nitrogens with zero attached hydrogens (tertiary/aromatic N) is 2. The van der Waals surface area contributed by atoms with E-state index in [-0.39, 0.29) is 17.9 Å². The Morgan fingerprint density at radius 2 is 1.70 bits per heavy atom. The first kappa shape index (κ1) is 25.2. The van der Waals surface area contributed by atoms with Gasteiger partial charge in [0, 0.05) is 39.4 Å². The van der Waals surface area contributed by atoms with E-state index in [1.165, 1.54) is 17.7 Å². The molecule has 4 rings (SSSR count). The fourth-order valence-corrected chi connectivity index (χ4v) is 4.09. The van der Waals surface area contributed by atoms with Gasteiger partial charge in [-0.3, -0.25) is 14.4 Å². The zero-order chi connectivity index (χ0) is 26.5. The number of aromatic nitrogens is 1. The van der Waals surface area contributed by atoms with Gasteiger partial charge in [0.2, 0.25) is 5.91 Å². The van der Waals surface area contributed by atoms with Crippen LogP contribution in [0.2, 0.25) is 0 Å². The second kappa shape index (κ2) is 10.8. The number of carbonyl (C=O) groups excluding carboxylic acids is 2. The van der Waals surface area contributed by atoms with E-state index in [4.69, 9.17) is 0 Å². The van der Waals surface area contributed by atoms with Crippen LogP contribution in [-0.4, -0.2) is 28.2 Å². The molecule has 0 bridgehead atoms. The van der Waals surface area contributed by atoms with Gasteiger partial charge in [-0.05, 0) is 48.4 Å². The topological polar surface area (TPSA) is 100 Å². The number of nitrogens with one attached hydrogen (secondary N) is 2. The monoisotopic (exact) mass is 495 g/mol. The highest BCUT2D eigenvalue weighted by atomic mass is 16.3. The summed E-state index contributed by atoms with van der Waals surface area (Å²) in [5, 5.41) is 6.25. The number of pyridine rings is 1. The molecule has 0 fully saturated rings. The molecule has 1 aromatic heterocycles. The lowest BCUT2D eigenvalue weighted by atomic mass is 10.1. The number of carbonyl (C=O) groups is 2. The molecule has 186 valence electrons. The second-order valence-corrected chi connectivity index (χ2v) is 8.51. The number of nitroso groups, excluding NO2 is 1. The SMILES string of the molecule is C=Cc1ccc(NC(=O)c2cc3c(NC(=O)Cc4ccc([N+](C)=O)cc4)cccc3n(CC)c2=O)cc1. The van der Waals surface area contributed by atoms with E-state index >= 15 is 0 Å². The van der Waals surface area contributed by atoms with Crippen molar-refractivity contribution in [1.29, 1.82) is 0 Å². The number of hydrogen-bond donors (Lipinski definition) is 2. The summed E-state index contributed by atoms with van der Waals surface area (Å²) in [7, 11) is 1.41. The summed E-state index contributed by atoms with van der Waals surface area (Å²) in [5.41, 5.74) is 3.36. The summed E-state index contributed by atoms with van der Waals surface area (Å²) in [6, 6.07) is 20.7.